The fourth-order valence-electron chi connectivity index (χ4n) is 1.82. The van der Waals surface area contributed by atoms with Gasteiger partial charge in [0.2, 0.25) is 0 Å². The highest BCUT2D eigenvalue weighted by Crippen LogP contribution is 2.27. The molecule has 0 saturated carbocycles. The number of anilines is 1. The lowest BCUT2D eigenvalue weighted by Crippen LogP contribution is -2.25. The molecule has 1 aromatic carbocycles. The predicted octanol–water partition coefficient (Wildman–Crippen LogP) is 1.71. The third-order valence-electron chi connectivity index (χ3n) is 2.88. The van der Waals surface area contributed by atoms with Crippen molar-refractivity contribution >= 4 is 22.4 Å². The number of carbonyl (C=O) groups excluding carboxylic acids is 1. The van der Waals surface area contributed by atoms with Gasteiger partial charge in [-0.15, -0.1) is 11.3 Å². The Morgan fingerprint density at radius 2 is 2.10 bits per heavy atom. The van der Waals surface area contributed by atoms with Crippen molar-refractivity contribution in [3.63, 3.8) is 0 Å². The largest absolute Gasteiger partial charge is 0.493 e. The van der Waals surface area contributed by atoms with E-state index >= 15 is 0 Å². The summed E-state index contributed by atoms with van der Waals surface area (Å²) in [4.78, 5) is 16.2. The third kappa shape index (κ3) is 3.85. The van der Waals surface area contributed by atoms with Crippen LogP contribution in [-0.4, -0.2) is 31.7 Å². The lowest BCUT2D eigenvalue weighted by atomic mass is 10.2. The van der Waals surface area contributed by atoms with Gasteiger partial charge < -0.3 is 20.5 Å². The highest BCUT2D eigenvalue weighted by Gasteiger charge is 2.10. The fraction of sp³-hybridized carbons (Fsp3) is 0.286. The number of carbonyl (C=O) groups is 1. The minimum atomic E-state index is -0.167. The van der Waals surface area contributed by atoms with Crippen molar-refractivity contribution in [2.24, 2.45) is 0 Å². The van der Waals surface area contributed by atoms with Gasteiger partial charge in [0, 0.05) is 23.9 Å². The highest BCUT2D eigenvalue weighted by molar-refractivity contribution is 7.13. The molecule has 1 aromatic heterocycles. The highest BCUT2D eigenvalue weighted by atomic mass is 32.1. The van der Waals surface area contributed by atoms with Crippen LogP contribution in [0.3, 0.4) is 0 Å². The van der Waals surface area contributed by atoms with E-state index in [0.29, 0.717) is 35.2 Å². The molecule has 0 unspecified atom stereocenters. The van der Waals surface area contributed by atoms with E-state index in [-0.39, 0.29) is 5.91 Å². The Hall–Kier alpha value is -2.28. The van der Waals surface area contributed by atoms with Crippen LogP contribution in [0.15, 0.2) is 23.6 Å². The van der Waals surface area contributed by atoms with Gasteiger partial charge in [-0.1, -0.05) is 0 Å². The number of nitrogens with two attached hydrogens (primary N) is 1. The van der Waals surface area contributed by atoms with E-state index in [1.807, 2.05) is 5.38 Å². The van der Waals surface area contributed by atoms with Crippen LogP contribution in [-0.2, 0) is 6.42 Å². The molecule has 1 heterocycles. The second kappa shape index (κ2) is 6.94. The molecular weight excluding hydrogens is 290 g/mol. The number of hydrogen-bond acceptors (Lipinski definition) is 6. The molecule has 2 rings (SSSR count). The van der Waals surface area contributed by atoms with Crippen molar-refractivity contribution in [1.29, 1.82) is 0 Å². The summed E-state index contributed by atoms with van der Waals surface area (Å²) in [6.07, 6.45) is 0.646. The van der Waals surface area contributed by atoms with Gasteiger partial charge in [-0.05, 0) is 18.2 Å². The molecule has 0 saturated heterocycles. The summed E-state index contributed by atoms with van der Waals surface area (Å²) < 4.78 is 10.3. The molecule has 21 heavy (non-hydrogen) atoms. The fourth-order valence-corrected chi connectivity index (χ4v) is 2.42. The second-order valence-electron chi connectivity index (χ2n) is 4.25. The van der Waals surface area contributed by atoms with Gasteiger partial charge in [0.15, 0.2) is 16.6 Å². The predicted molar refractivity (Wildman–Crippen MR) is 82.1 cm³/mol. The van der Waals surface area contributed by atoms with Gasteiger partial charge in [-0.3, -0.25) is 4.79 Å². The first-order valence-electron chi connectivity index (χ1n) is 6.34. The van der Waals surface area contributed by atoms with Crippen LogP contribution in [0.1, 0.15) is 16.1 Å². The van der Waals surface area contributed by atoms with Gasteiger partial charge in [0.25, 0.3) is 5.91 Å². The number of hydrogen-bond donors (Lipinski definition) is 2. The standard InChI is InChI=1S/C14H17N3O3S/c1-19-11-4-3-9(7-12(11)20-2)13(18)16-6-5-10-8-21-14(15)17-10/h3-4,7-8H,5-6H2,1-2H3,(H2,15,17)(H,16,18). The molecular formula is C14H17N3O3S. The van der Waals surface area contributed by atoms with E-state index < -0.39 is 0 Å². The number of benzene rings is 1. The molecule has 112 valence electrons. The van der Waals surface area contributed by atoms with Gasteiger partial charge in [0.1, 0.15) is 0 Å². The van der Waals surface area contributed by atoms with E-state index in [4.69, 9.17) is 15.2 Å². The SMILES string of the molecule is COc1ccc(C(=O)NCCc2csc(N)n2)cc1OC. The molecule has 0 atom stereocenters. The number of nitrogens with one attached hydrogen (secondary N) is 1. The zero-order valence-corrected chi connectivity index (χ0v) is 12.7. The summed E-state index contributed by atoms with van der Waals surface area (Å²) in [7, 11) is 3.09. The third-order valence-corrected chi connectivity index (χ3v) is 3.60. The number of nitrogens with zero attached hydrogens (tertiary/aromatic N) is 1. The van der Waals surface area contributed by atoms with Crippen molar-refractivity contribution in [1.82, 2.24) is 10.3 Å². The maximum Gasteiger partial charge on any atom is 0.251 e. The second-order valence-corrected chi connectivity index (χ2v) is 5.14. The van der Waals surface area contributed by atoms with Gasteiger partial charge >= 0.3 is 0 Å². The quantitative estimate of drug-likeness (QED) is 0.848. The van der Waals surface area contributed by atoms with Gasteiger partial charge in [-0.2, -0.15) is 0 Å². The van der Waals surface area contributed by atoms with E-state index in [2.05, 4.69) is 10.3 Å². The Balaban J connectivity index is 1.93. The zero-order valence-electron chi connectivity index (χ0n) is 11.9. The number of amides is 1. The zero-order chi connectivity index (χ0) is 15.2. The van der Waals surface area contributed by atoms with Crippen LogP contribution in [0.25, 0.3) is 0 Å². The Morgan fingerprint density at radius 1 is 1.33 bits per heavy atom. The summed E-state index contributed by atoms with van der Waals surface area (Å²) in [6, 6.07) is 5.04. The first-order chi connectivity index (χ1) is 10.1. The Morgan fingerprint density at radius 3 is 2.71 bits per heavy atom. The van der Waals surface area contributed by atoms with Gasteiger partial charge in [0.05, 0.1) is 19.9 Å². The van der Waals surface area contributed by atoms with E-state index in [9.17, 15) is 4.79 Å². The van der Waals surface area contributed by atoms with E-state index in [1.54, 1.807) is 25.3 Å². The molecule has 7 heteroatoms. The number of ether oxygens (including phenoxy) is 2. The van der Waals surface area contributed by atoms with E-state index in [0.717, 1.165) is 5.69 Å². The van der Waals surface area contributed by atoms with Crippen molar-refractivity contribution < 1.29 is 14.3 Å². The maximum absolute atomic E-state index is 12.1. The molecule has 3 N–H and O–H groups in total. The van der Waals surface area contributed by atoms with Crippen molar-refractivity contribution in [2.45, 2.75) is 6.42 Å². The average molecular weight is 307 g/mol. The van der Waals surface area contributed by atoms with E-state index in [1.165, 1.54) is 18.4 Å². The minimum absolute atomic E-state index is 0.167. The van der Waals surface area contributed by atoms with Crippen LogP contribution >= 0.6 is 11.3 Å². The van der Waals surface area contributed by atoms with Crippen LogP contribution < -0.4 is 20.5 Å². The molecule has 6 nitrogen and oxygen atoms in total. The molecule has 0 bridgehead atoms. The lowest BCUT2D eigenvalue weighted by molar-refractivity contribution is 0.0953. The van der Waals surface area contributed by atoms with Crippen LogP contribution in [0.4, 0.5) is 5.13 Å². The first kappa shape index (κ1) is 15.1. The molecule has 2 aromatic rings. The number of methoxy groups -OCH3 is 2. The van der Waals surface area contributed by atoms with Crippen molar-refractivity contribution in [3.05, 3.63) is 34.8 Å². The first-order valence-corrected chi connectivity index (χ1v) is 7.22. The number of thiazole rings is 1. The molecule has 0 aliphatic heterocycles. The topological polar surface area (TPSA) is 86.5 Å². The number of rotatable bonds is 6. The number of aromatic nitrogens is 1. The lowest BCUT2D eigenvalue weighted by Gasteiger charge is -2.09. The monoisotopic (exact) mass is 307 g/mol. The molecule has 1 amide bonds. The summed E-state index contributed by atoms with van der Waals surface area (Å²) in [5, 5.41) is 5.26. The van der Waals surface area contributed by atoms with Crippen molar-refractivity contribution in [2.75, 3.05) is 26.5 Å². The summed E-state index contributed by atoms with van der Waals surface area (Å²) in [5.74, 6) is 0.948. The minimum Gasteiger partial charge on any atom is -0.493 e. The summed E-state index contributed by atoms with van der Waals surface area (Å²) in [6.45, 7) is 0.496. The van der Waals surface area contributed by atoms with Gasteiger partial charge in [-0.25, -0.2) is 4.98 Å². The molecule has 0 fully saturated rings. The average Bonchev–Trinajstić information content (AvgIpc) is 2.91. The summed E-state index contributed by atoms with van der Waals surface area (Å²) in [5.41, 5.74) is 6.95. The van der Waals surface area contributed by atoms with Crippen LogP contribution in [0, 0.1) is 0 Å². The number of nitrogen functional groups attached to an aromatic ring is 1. The molecule has 0 spiro atoms. The Kier molecular flexibility index (Phi) is 4.99. The Labute approximate surface area is 126 Å². The molecule has 0 radical (unpaired) electrons. The molecule has 0 aliphatic rings. The Bertz CT molecular complexity index is 628. The molecule has 0 aliphatic carbocycles. The van der Waals surface area contributed by atoms with Crippen LogP contribution in [0.2, 0.25) is 0 Å². The summed E-state index contributed by atoms with van der Waals surface area (Å²) >= 11 is 1.39. The normalized spacial score (nSPS) is 10.2. The van der Waals surface area contributed by atoms with Crippen molar-refractivity contribution in [3.8, 4) is 11.5 Å². The smallest absolute Gasteiger partial charge is 0.251 e. The maximum atomic E-state index is 12.1. The van der Waals surface area contributed by atoms with Crippen LogP contribution in [0.5, 0.6) is 11.5 Å².